The quantitative estimate of drug-likeness (QED) is 0.767. The number of ether oxygens (including phenoxy) is 1. The number of alkyl halides is 2. The van der Waals surface area contributed by atoms with Gasteiger partial charge in [-0.1, -0.05) is 0 Å². The third kappa shape index (κ3) is 2.20. The zero-order chi connectivity index (χ0) is 11.6. The molecule has 0 unspecified atom stereocenters. The van der Waals surface area contributed by atoms with Crippen molar-refractivity contribution in [3.8, 4) is 5.75 Å². The molecule has 0 aliphatic carbocycles. The van der Waals surface area contributed by atoms with Gasteiger partial charge in [-0.05, 0) is 13.0 Å². The Balaban J connectivity index is 3.25. The number of hydrogen-bond donors (Lipinski definition) is 1. The van der Waals surface area contributed by atoms with Crippen LogP contribution in [0.15, 0.2) is 6.07 Å². The van der Waals surface area contributed by atoms with Crippen molar-refractivity contribution in [3.05, 3.63) is 23.0 Å². The third-order valence-corrected chi connectivity index (χ3v) is 1.83. The van der Waals surface area contributed by atoms with Crippen molar-refractivity contribution >= 4 is 5.97 Å². The number of methoxy groups -OCH3 is 1. The summed E-state index contributed by atoms with van der Waals surface area (Å²) in [5, 5.41) is 9.18. The summed E-state index contributed by atoms with van der Waals surface area (Å²) in [7, 11) is 1.15. The van der Waals surface area contributed by atoms with Gasteiger partial charge in [0.15, 0.2) is 0 Å². The SMILES string of the molecule is COC(=O)c1cc(O)c(C(F)F)nc1C. The van der Waals surface area contributed by atoms with Gasteiger partial charge in [-0.2, -0.15) is 0 Å². The van der Waals surface area contributed by atoms with Gasteiger partial charge < -0.3 is 9.84 Å². The normalized spacial score (nSPS) is 10.5. The van der Waals surface area contributed by atoms with Crippen LogP contribution in [0.5, 0.6) is 5.75 Å². The van der Waals surface area contributed by atoms with Crippen LogP contribution in [-0.4, -0.2) is 23.2 Å². The number of hydrogen-bond acceptors (Lipinski definition) is 4. The molecule has 0 aromatic carbocycles. The molecule has 0 saturated carbocycles. The van der Waals surface area contributed by atoms with Gasteiger partial charge in [0, 0.05) is 0 Å². The zero-order valence-electron chi connectivity index (χ0n) is 8.12. The van der Waals surface area contributed by atoms with Gasteiger partial charge in [-0.3, -0.25) is 0 Å². The molecule has 0 atom stereocenters. The van der Waals surface area contributed by atoms with Gasteiger partial charge >= 0.3 is 5.97 Å². The Morgan fingerprint density at radius 3 is 2.67 bits per heavy atom. The zero-order valence-corrected chi connectivity index (χ0v) is 8.12. The van der Waals surface area contributed by atoms with E-state index in [1.165, 1.54) is 6.92 Å². The second kappa shape index (κ2) is 4.20. The topological polar surface area (TPSA) is 59.4 Å². The molecule has 1 N–H and O–H groups in total. The fourth-order valence-electron chi connectivity index (χ4n) is 1.09. The fraction of sp³-hybridized carbons (Fsp3) is 0.333. The molecule has 1 aromatic rings. The molecule has 1 rings (SSSR count). The average Bonchev–Trinajstić information content (AvgIpc) is 2.19. The van der Waals surface area contributed by atoms with Crippen LogP contribution in [0.25, 0.3) is 0 Å². The molecule has 0 bridgehead atoms. The molecule has 0 spiro atoms. The smallest absolute Gasteiger partial charge is 0.339 e. The number of esters is 1. The van der Waals surface area contributed by atoms with Gasteiger partial charge in [0.05, 0.1) is 18.4 Å². The largest absolute Gasteiger partial charge is 0.506 e. The predicted octanol–water partition coefficient (Wildman–Crippen LogP) is 1.82. The molecule has 82 valence electrons. The van der Waals surface area contributed by atoms with Crippen LogP contribution in [0.2, 0.25) is 0 Å². The summed E-state index contributed by atoms with van der Waals surface area (Å²) in [4.78, 5) is 14.5. The highest BCUT2D eigenvalue weighted by molar-refractivity contribution is 5.90. The molecular formula is C9H9F2NO3. The minimum Gasteiger partial charge on any atom is -0.506 e. The monoisotopic (exact) mass is 217 g/mol. The van der Waals surface area contributed by atoms with E-state index >= 15 is 0 Å². The highest BCUT2D eigenvalue weighted by Gasteiger charge is 2.20. The average molecular weight is 217 g/mol. The first-order valence-corrected chi connectivity index (χ1v) is 4.04. The molecule has 4 nitrogen and oxygen atoms in total. The van der Waals surface area contributed by atoms with Crippen LogP contribution >= 0.6 is 0 Å². The number of aromatic hydroxyl groups is 1. The molecule has 0 aliphatic rings. The van der Waals surface area contributed by atoms with Crippen LogP contribution in [0, 0.1) is 6.92 Å². The number of rotatable bonds is 2. The molecule has 1 heterocycles. The Morgan fingerprint density at radius 2 is 2.20 bits per heavy atom. The lowest BCUT2D eigenvalue weighted by Crippen LogP contribution is -2.07. The molecule has 0 saturated heterocycles. The van der Waals surface area contributed by atoms with Gasteiger partial charge in [0.2, 0.25) is 0 Å². The van der Waals surface area contributed by atoms with Gasteiger partial charge in [-0.25, -0.2) is 18.6 Å². The van der Waals surface area contributed by atoms with Gasteiger partial charge in [-0.15, -0.1) is 0 Å². The number of halogens is 2. The summed E-state index contributed by atoms with van der Waals surface area (Å²) in [5.41, 5.74) is -0.672. The lowest BCUT2D eigenvalue weighted by Gasteiger charge is -2.07. The predicted molar refractivity (Wildman–Crippen MR) is 46.9 cm³/mol. The number of nitrogens with zero attached hydrogens (tertiary/aromatic N) is 1. The summed E-state index contributed by atoms with van der Waals surface area (Å²) in [6, 6.07) is 0.926. The molecule has 0 amide bonds. The van der Waals surface area contributed by atoms with E-state index in [1.54, 1.807) is 0 Å². The van der Waals surface area contributed by atoms with Crippen molar-refractivity contribution < 1.29 is 23.4 Å². The van der Waals surface area contributed by atoms with Crippen molar-refractivity contribution in [2.75, 3.05) is 7.11 Å². The number of carbonyl (C=O) groups is 1. The molecule has 0 aliphatic heterocycles. The van der Waals surface area contributed by atoms with E-state index in [1.807, 2.05) is 0 Å². The first-order chi connectivity index (χ1) is 6.97. The van der Waals surface area contributed by atoms with E-state index in [2.05, 4.69) is 9.72 Å². The molecule has 1 aromatic heterocycles. The Bertz CT molecular complexity index is 393. The lowest BCUT2D eigenvalue weighted by molar-refractivity contribution is 0.0598. The number of aromatic nitrogens is 1. The van der Waals surface area contributed by atoms with Crippen molar-refractivity contribution in [2.45, 2.75) is 13.3 Å². The maximum Gasteiger partial charge on any atom is 0.339 e. The fourth-order valence-corrected chi connectivity index (χ4v) is 1.09. The van der Waals surface area contributed by atoms with E-state index < -0.39 is 23.8 Å². The van der Waals surface area contributed by atoms with E-state index in [0.29, 0.717) is 0 Å². The van der Waals surface area contributed by atoms with Crippen LogP contribution in [0.1, 0.15) is 28.2 Å². The van der Waals surface area contributed by atoms with Crippen LogP contribution in [0.3, 0.4) is 0 Å². The molecule has 0 fully saturated rings. The Hall–Kier alpha value is -1.72. The first kappa shape index (κ1) is 11.4. The number of carbonyl (C=O) groups excluding carboxylic acids is 1. The van der Waals surface area contributed by atoms with Crippen molar-refractivity contribution in [3.63, 3.8) is 0 Å². The minimum absolute atomic E-state index is 0.0283. The summed E-state index contributed by atoms with van der Waals surface area (Å²) in [6.45, 7) is 1.39. The van der Waals surface area contributed by atoms with E-state index in [-0.39, 0.29) is 11.3 Å². The minimum atomic E-state index is -2.88. The van der Waals surface area contributed by atoms with Crippen molar-refractivity contribution in [1.29, 1.82) is 0 Å². The highest BCUT2D eigenvalue weighted by atomic mass is 19.3. The molecule has 6 heteroatoms. The highest BCUT2D eigenvalue weighted by Crippen LogP contribution is 2.28. The van der Waals surface area contributed by atoms with Crippen LogP contribution in [-0.2, 0) is 4.74 Å². The second-order valence-electron chi connectivity index (χ2n) is 2.82. The maximum absolute atomic E-state index is 12.3. The summed E-state index contributed by atoms with van der Waals surface area (Å²) in [5.74, 6) is -1.44. The third-order valence-electron chi connectivity index (χ3n) is 1.83. The van der Waals surface area contributed by atoms with Crippen LogP contribution in [0.4, 0.5) is 8.78 Å². The Kier molecular flexibility index (Phi) is 3.18. The molecule has 0 radical (unpaired) electrons. The second-order valence-corrected chi connectivity index (χ2v) is 2.82. The number of pyridine rings is 1. The summed E-state index contributed by atoms with van der Waals surface area (Å²) >= 11 is 0. The molecule has 15 heavy (non-hydrogen) atoms. The number of aryl methyl sites for hydroxylation is 1. The summed E-state index contributed by atoms with van der Waals surface area (Å²) < 4.78 is 29.0. The Labute approximate surface area is 84.5 Å². The van der Waals surface area contributed by atoms with Gasteiger partial charge in [0.1, 0.15) is 11.4 Å². The lowest BCUT2D eigenvalue weighted by atomic mass is 10.1. The summed E-state index contributed by atoms with van der Waals surface area (Å²) in [6.07, 6.45) is -2.88. The van der Waals surface area contributed by atoms with Gasteiger partial charge in [0.25, 0.3) is 6.43 Å². The van der Waals surface area contributed by atoms with Crippen LogP contribution < -0.4 is 0 Å². The maximum atomic E-state index is 12.3. The Morgan fingerprint density at radius 1 is 1.60 bits per heavy atom. The molecular weight excluding hydrogens is 208 g/mol. The van der Waals surface area contributed by atoms with E-state index in [9.17, 15) is 18.7 Å². The van der Waals surface area contributed by atoms with Crippen molar-refractivity contribution in [2.24, 2.45) is 0 Å². The van der Waals surface area contributed by atoms with E-state index in [4.69, 9.17) is 0 Å². The standard InChI is InChI=1S/C9H9F2NO3/c1-4-5(9(14)15-2)3-6(13)7(12-4)8(10)11/h3,8,13H,1-2H3. The van der Waals surface area contributed by atoms with Crippen molar-refractivity contribution in [1.82, 2.24) is 4.98 Å². The van der Waals surface area contributed by atoms with E-state index in [0.717, 1.165) is 13.2 Å². The first-order valence-electron chi connectivity index (χ1n) is 4.04.